The van der Waals surface area contributed by atoms with Gasteiger partial charge in [0.1, 0.15) is 11.8 Å². The van der Waals surface area contributed by atoms with Crippen molar-refractivity contribution in [1.82, 2.24) is 15.2 Å². The van der Waals surface area contributed by atoms with Crippen molar-refractivity contribution >= 4 is 22.2 Å². The molecule has 0 amide bonds. The number of benzene rings is 1. The number of alkyl halides is 1. The molecule has 0 bridgehead atoms. The van der Waals surface area contributed by atoms with Crippen LogP contribution in [0.1, 0.15) is 49.4 Å². The molecule has 160 valence electrons. The smallest absolute Gasteiger partial charge is 0.174 e. The summed E-state index contributed by atoms with van der Waals surface area (Å²) in [6, 6.07) is 13.0. The summed E-state index contributed by atoms with van der Waals surface area (Å²) >= 11 is 1.70. The number of rotatable bonds is 5. The number of ether oxygens (including phenoxy) is 1. The van der Waals surface area contributed by atoms with Crippen LogP contribution in [-0.4, -0.2) is 47.3 Å². The number of hydrogen-bond donors (Lipinski definition) is 2. The van der Waals surface area contributed by atoms with Crippen molar-refractivity contribution in [2.45, 2.75) is 57.5 Å². The molecule has 0 radical (unpaired) electrons. The van der Waals surface area contributed by atoms with Crippen molar-refractivity contribution in [3.63, 3.8) is 0 Å². The second-order valence-corrected chi connectivity index (χ2v) is 10.4. The Labute approximate surface area is 181 Å². The molecule has 2 N–H and O–H groups in total. The lowest BCUT2D eigenvalue weighted by atomic mass is 9.90. The molecule has 0 unspecified atom stereocenters. The fourth-order valence-corrected chi connectivity index (χ4v) is 5.99. The van der Waals surface area contributed by atoms with Gasteiger partial charge in [-0.2, -0.15) is 0 Å². The van der Waals surface area contributed by atoms with Crippen LogP contribution in [-0.2, 0) is 6.42 Å². The summed E-state index contributed by atoms with van der Waals surface area (Å²) in [5.74, 6) is 0. The van der Waals surface area contributed by atoms with Gasteiger partial charge in [0.2, 0.25) is 0 Å². The third kappa shape index (κ3) is 3.77. The second-order valence-electron chi connectivity index (χ2n) is 9.30. The number of hydrogen-bond acceptors (Lipinski definition) is 4. The van der Waals surface area contributed by atoms with E-state index < -0.39 is 5.67 Å². The van der Waals surface area contributed by atoms with Crippen LogP contribution < -0.4 is 10.1 Å². The number of nitrogens with one attached hydrogen (secondary N) is 2. The molecule has 4 heterocycles. The Hall–Kier alpha value is -1.89. The molecule has 1 fully saturated rings. The van der Waals surface area contributed by atoms with Gasteiger partial charge in [-0.1, -0.05) is 18.2 Å². The van der Waals surface area contributed by atoms with E-state index in [2.05, 4.69) is 58.5 Å². The predicted octanol–water partition coefficient (Wildman–Crippen LogP) is 5.05. The predicted molar refractivity (Wildman–Crippen MR) is 121 cm³/mol. The van der Waals surface area contributed by atoms with Gasteiger partial charge in [0.15, 0.2) is 5.06 Å². The highest BCUT2D eigenvalue weighted by molar-refractivity contribution is 7.13. The minimum atomic E-state index is -1.26. The van der Waals surface area contributed by atoms with E-state index in [0.717, 1.165) is 36.5 Å². The fraction of sp³-hybridized carbons (Fsp3) is 0.500. The molecule has 0 aliphatic carbocycles. The van der Waals surface area contributed by atoms with E-state index in [4.69, 9.17) is 4.74 Å². The first-order valence-corrected chi connectivity index (χ1v) is 11.7. The number of thiophene rings is 1. The van der Waals surface area contributed by atoms with Gasteiger partial charge in [-0.05, 0) is 63.9 Å². The highest BCUT2D eigenvalue weighted by Crippen LogP contribution is 2.44. The van der Waals surface area contributed by atoms with Gasteiger partial charge in [-0.25, -0.2) is 4.39 Å². The number of nitrogens with zero attached hydrogens (tertiary/aromatic N) is 1. The van der Waals surface area contributed by atoms with Crippen molar-refractivity contribution in [2.75, 3.05) is 19.6 Å². The van der Waals surface area contributed by atoms with E-state index >= 15 is 0 Å². The minimum absolute atomic E-state index is 0.00947. The topological polar surface area (TPSA) is 40.3 Å². The summed E-state index contributed by atoms with van der Waals surface area (Å²) < 4.78 is 21.0. The van der Waals surface area contributed by atoms with E-state index in [1.807, 2.05) is 0 Å². The molecule has 4 nitrogen and oxygen atoms in total. The van der Waals surface area contributed by atoms with Gasteiger partial charge < -0.3 is 15.0 Å². The average Bonchev–Trinajstić information content (AvgIpc) is 3.42. The maximum atomic E-state index is 14.8. The normalized spacial score (nSPS) is 25.0. The molecule has 0 spiro atoms. The minimum Gasteiger partial charge on any atom is -0.479 e. The van der Waals surface area contributed by atoms with E-state index in [0.29, 0.717) is 6.54 Å². The number of aromatic amines is 1. The third-order valence-corrected chi connectivity index (χ3v) is 7.27. The lowest BCUT2D eigenvalue weighted by Crippen LogP contribution is -2.47. The molecular weight excluding hydrogens is 397 g/mol. The van der Waals surface area contributed by atoms with E-state index in [1.165, 1.54) is 21.5 Å². The van der Waals surface area contributed by atoms with Crippen molar-refractivity contribution < 1.29 is 9.13 Å². The van der Waals surface area contributed by atoms with E-state index in [-0.39, 0.29) is 18.2 Å². The molecule has 3 atom stereocenters. The molecule has 2 aliphatic rings. The van der Waals surface area contributed by atoms with Gasteiger partial charge in [-0.15, -0.1) is 11.3 Å². The van der Waals surface area contributed by atoms with Crippen LogP contribution in [0.2, 0.25) is 0 Å². The van der Waals surface area contributed by atoms with Gasteiger partial charge in [0.25, 0.3) is 0 Å². The lowest BCUT2D eigenvalue weighted by Gasteiger charge is -2.42. The first-order valence-electron chi connectivity index (χ1n) is 10.9. The molecule has 1 saturated heterocycles. The van der Waals surface area contributed by atoms with Crippen molar-refractivity contribution in [3.05, 3.63) is 52.5 Å². The summed E-state index contributed by atoms with van der Waals surface area (Å²) in [5.41, 5.74) is 2.47. The third-order valence-electron chi connectivity index (χ3n) is 6.25. The number of fused-ring (bicyclic) bond motifs is 3. The second kappa shape index (κ2) is 7.66. The lowest BCUT2D eigenvalue weighted by molar-refractivity contribution is 0.0679. The summed E-state index contributed by atoms with van der Waals surface area (Å²) in [7, 11) is 0. The average molecular weight is 428 g/mol. The zero-order valence-electron chi connectivity index (χ0n) is 17.9. The van der Waals surface area contributed by atoms with Gasteiger partial charge >= 0.3 is 0 Å². The Morgan fingerprint density at radius 3 is 2.83 bits per heavy atom. The Morgan fingerprint density at radius 2 is 2.07 bits per heavy atom. The number of halogens is 1. The Morgan fingerprint density at radius 1 is 1.23 bits per heavy atom. The van der Waals surface area contributed by atoms with Crippen LogP contribution in [0, 0.1) is 0 Å². The Kier molecular flexibility index (Phi) is 5.12. The van der Waals surface area contributed by atoms with Crippen LogP contribution in [0.4, 0.5) is 4.39 Å². The van der Waals surface area contributed by atoms with Crippen LogP contribution in [0.5, 0.6) is 5.06 Å². The maximum absolute atomic E-state index is 14.8. The fourth-order valence-electron chi connectivity index (χ4n) is 4.93. The Balaban J connectivity index is 1.56. The Bertz CT molecular complexity index is 1030. The summed E-state index contributed by atoms with van der Waals surface area (Å²) in [4.78, 5) is 7.21. The highest BCUT2D eigenvalue weighted by Gasteiger charge is 2.39. The number of para-hydroxylation sites is 1. The first-order chi connectivity index (χ1) is 14.4. The van der Waals surface area contributed by atoms with Crippen molar-refractivity contribution in [3.8, 4) is 5.06 Å². The molecular formula is C24H30FN3OS. The van der Waals surface area contributed by atoms with Crippen LogP contribution in [0.15, 0.2) is 36.4 Å². The van der Waals surface area contributed by atoms with Crippen LogP contribution in [0.25, 0.3) is 10.9 Å². The number of aromatic nitrogens is 1. The highest BCUT2D eigenvalue weighted by atomic mass is 32.1. The molecule has 3 aromatic rings. The molecule has 5 rings (SSSR count). The van der Waals surface area contributed by atoms with Crippen molar-refractivity contribution in [2.24, 2.45) is 0 Å². The van der Waals surface area contributed by atoms with Gasteiger partial charge in [0.05, 0.1) is 6.04 Å². The summed E-state index contributed by atoms with van der Waals surface area (Å²) in [6.45, 7) is 7.89. The quantitative estimate of drug-likeness (QED) is 0.598. The molecule has 6 heteroatoms. The van der Waals surface area contributed by atoms with E-state index in [9.17, 15) is 4.39 Å². The molecule has 2 aromatic heterocycles. The first kappa shape index (κ1) is 20.0. The van der Waals surface area contributed by atoms with Gasteiger partial charge in [0, 0.05) is 40.6 Å². The summed E-state index contributed by atoms with van der Waals surface area (Å²) in [6.07, 6.45) is 2.21. The molecule has 0 saturated carbocycles. The summed E-state index contributed by atoms with van der Waals surface area (Å²) in [5, 5.41) is 5.59. The molecule has 2 aliphatic heterocycles. The zero-order chi connectivity index (χ0) is 20.9. The largest absolute Gasteiger partial charge is 0.479 e. The van der Waals surface area contributed by atoms with E-state index in [1.54, 1.807) is 25.2 Å². The maximum Gasteiger partial charge on any atom is 0.174 e. The van der Waals surface area contributed by atoms with Crippen LogP contribution in [0.3, 0.4) is 0 Å². The monoisotopic (exact) mass is 427 g/mol. The molecule has 1 aromatic carbocycles. The van der Waals surface area contributed by atoms with Crippen LogP contribution >= 0.6 is 11.3 Å². The standard InChI is InChI=1S/C24H30FN3OS/c1-15-12-18-17-6-4-5-7-19(17)27-22(18)23(28(15)14-24(2,3)25)20-8-9-21(30-20)29-16-10-11-26-13-16/h4-9,15-16,23,26-27H,10-14H2,1-3H3/t15-,16+,23-/m1/s1. The zero-order valence-corrected chi connectivity index (χ0v) is 18.7. The SMILES string of the molecule is C[C@@H]1Cc2c([nH]c3ccccc23)[C@@H](c2ccc(O[C@H]3CCNC3)s2)N1CC(C)(C)F. The molecule has 30 heavy (non-hydrogen) atoms. The number of H-pyrrole nitrogens is 1. The van der Waals surface area contributed by atoms with Gasteiger partial charge in [-0.3, -0.25) is 4.90 Å². The van der Waals surface area contributed by atoms with Crippen molar-refractivity contribution in [1.29, 1.82) is 0 Å².